The molecule has 0 amide bonds. The van der Waals surface area contributed by atoms with Crippen LogP contribution in [0.2, 0.25) is 0 Å². The predicted octanol–water partition coefficient (Wildman–Crippen LogP) is 1.71. The maximum atomic E-state index is 4.38. The lowest BCUT2D eigenvalue weighted by molar-refractivity contribution is 0.801. The number of imidazole rings is 1. The zero-order valence-corrected chi connectivity index (χ0v) is 8.18. The number of thiol groups is 1. The SMILES string of the molecule is CNC(S)c1ccc2nc[nH]c2c1. The second kappa shape index (κ2) is 3.40. The highest BCUT2D eigenvalue weighted by molar-refractivity contribution is 7.80. The number of aromatic amines is 1. The van der Waals surface area contributed by atoms with Gasteiger partial charge < -0.3 is 10.3 Å². The van der Waals surface area contributed by atoms with E-state index in [0.717, 1.165) is 16.6 Å². The number of H-pyrrole nitrogens is 1. The minimum Gasteiger partial charge on any atom is -0.345 e. The van der Waals surface area contributed by atoms with E-state index < -0.39 is 0 Å². The predicted molar refractivity (Wildman–Crippen MR) is 56.9 cm³/mol. The molecule has 0 bridgehead atoms. The van der Waals surface area contributed by atoms with Crippen LogP contribution in [0.15, 0.2) is 24.5 Å². The van der Waals surface area contributed by atoms with Crippen molar-refractivity contribution in [1.29, 1.82) is 0 Å². The van der Waals surface area contributed by atoms with E-state index in [1.54, 1.807) is 6.33 Å². The van der Waals surface area contributed by atoms with Crippen molar-refractivity contribution < 1.29 is 0 Å². The van der Waals surface area contributed by atoms with E-state index in [-0.39, 0.29) is 5.37 Å². The molecule has 68 valence electrons. The standard InChI is InChI=1S/C9H11N3S/c1-10-9(13)6-2-3-7-8(4-6)12-5-11-7/h2-5,9-10,13H,1H3,(H,11,12). The minimum atomic E-state index is 0.0766. The highest BCUT2D eigenvalue weighted by Gasteiger charge is 2.04. The topological polar surface area (TPSA) is 40.7 Å². The summed E-state index contributed by atoms with van der Waals surface area (Å²) in [7, 11) is 1.88. The lowest BCUT2D eigenvalue weighted by atomic mass is 10.2. The third-order valence-corrected chi connectivity index (χ3v) is 2.59. The van der Waals surface area contributed by atoms with Crippen molar-refractivity contribution in [3.8, 4) is 0 Å². The smallest absolute Gasteiger partial charge is 0.0931 e. The molecule has 1 unspecified atom stereocenters. The number of benzene rings is 1. The Hall–Kier alpha value is -1.00. The average Bonchev–Trinajstić information content (AvgIpc) is 2.63. The zero-order chi connectivity index (χ0) is 9.26. The molecule has 0 saturated heterocycles. The molecule has 0 fully saturated rings. The van der Waals surface area contributed by atoms with Gasteiger partial charge in [-0.25, -0.2) is 4.98 Å². The molecular formula is C9H11N3S. The molecule has 2 rings (SSSR count). The van der Waals surface area contributed by atoms with Gasteiger partial charge >= 0.3 is 0 Å². The molecular weight excluding hydrogens is 182 g/mol. The minimum absolute atomic E-state index is 0.0766. The first kappa shape index (κ1) is 8.59. The molecule has 0 radical (unpaired) electrons. The van der Waals surface area contributed by atoms with Crippen LogP contribution in [0.25, 0.3) is 11.0 Å². The second-order valence-corrected chi connectivity index (χ2v) is 3.39. The second-order valence-electron chi connectivity index (χ2n) is 2.87. The Bertz CT molecular complexity index is 410. The van der Waals surface area contributed by atoms with E-state index in [1.165, 1.54) is 0 Å². The normalized spacial score (nSPS) is 13.4. The molecule has 13 heavy (non-hydrogen) atoms. The number of fused-ring (bicyclic) bond motifs is 1. The van der Waals surface area contributed by atoms with Gasteiger partial charge in [0.2, 0.25) is 0 Å². The number of hydrogen-bond acceptors (Lipinski definition) is 3. The van der Waals surface area contributed by atoms with Crippen LogP contribution in [0, 0.1) is 0 Å². The van der Waals surface area contributed by atoms with Crippen LogP contribution in [0.4, 0.5) is 0 Å². The number of nitrogens with zero attached hydrogens (tertiary/aromatic N) is 1. The molecule has 0 aliphatic carbocycles. The molecule has 0 saturated carbocycles. The van der Waals surface area contributed by atoms with E-state index in [4.69, 9.17) is 0 Å². The summed E-state index contributed by atoms with van der Waals surface area (Å²) < 4.78 is 0. The monoisotopic (exact) mass is 193 g/mol. The summed E-state index contributed by atoms with van der Waals surface area (Å²) in [5.41, 5.74) is 3.18. The highest BCUT2D eigenvalue weighted by Crippen LogP contribution is 2.19. The summed E-state index contributed by atoms with van der Waals surface area (Å²) >= 11 is 4.38. The van der Waals surface area contributed by atoms with Gasteiger partial charge in [0.05, 0.1) is 22.7 Å². The van der Waals surface area contributed by atoms with Crippen molar-refractivity contribution in [1.82, 2.24) is 15.3 Å². The summed E-state index contributed by atoms with van der Waals surface area (Å²) in [4.78, 5) is 7.21. The van der Waals surface area contributed by atoms with Gasteiger partial charge in [0.15, 0.2) is 0 Å². The van der Waals surface area contributed by atoms with Crippen molar-refractivity contribution in [2.45, 2.75) is 5.37 Å². The Labute approximate surface area is 82.0 Å². The van der Waals surface area contributed by atoms with Gasteiger partial charge in [-0.2, -0.15) is 12.6 Å². The van der Waals surface area contributed by atoms with Crippen LogP contribution in [0.5, 0.6) is 0 Å². The lowest BCUT2D eigenvalue weighted by Gasteiger charge is -2.08. The number of aromatic nitrogens is 2. The van der Waals surface area contributed by atoms with Gasteiger partial charge in [0, 0.05) is 0 Å². The van der Waals surface area contributed by atoms with Crippen molar-refractivity contribution in [3.63, 3.8) is 0 Å². The molecule has 2 aromatic rings. The van der Waals surface area contributed by atoms with Gasteiger partial charge in [-0.1, -0.05) is 6.07 Å². The fourth-order valence-electron chi connectivity index (χ4n) is 1.29. The van der Waals surface area contributed by atoms with Crippen molar-refractivity contribution in [2.75, 3.05) is 7.05 Å². The summed E-state index contributed by atoms with van der Waals surface area (Å²) in [6, 6.07) is 6.07. The van der Waals surface area contributed by atoms with Gasteiger partial charge in [-0.15, -0.1) is 0 Å². The van der Waals surface area contributed by atoms with E-state index in [2.05, 4.69) is 34.0 Å². The van der Waals surface area contributed by atoms with E-state index in [1.807, 2.05) is 19.2 Å². The summed E-state index contributed by atoms with van der Waals surface area (Å²) in [6.07, 6.45) is 1.70. The molecule has 1 aromatic carbocycles. The molecule has 0 spiro atoms. The fourth-order valence-corrected chi connectivity index (χ4v) is 1.45. The third-order valence-electron chi connectivity index (χ3n) is 2.03. The van der Waals surface area contributed by atoms with Gasteiger partial charge in [-0.3, -0.25) is 0 Å². The molecule has 0 aliphatic heterocycles. The van der Waals surface area contributed by atoms with Crippen molar-refractivity contribution in [3.05, 3.63) is 30.1 Å². The molecule has 1 atom stereocenters. The highest BCUT2D eigenvalue weighted by atomic mass is 32.1. The van der Waals surface area contributed by atoms with Crippen LogP contribution in [-0.4, -0.2) is 17.0 Å². The van der Waals surface area contributed by atoms with E-state index in [9.17, 15) is 0 Å². The van der Waals surface area contributed by atoms with Crippen LogP contribution in [0.3, 0.4) is 0 Å². The van der Waals surface area contributed by atoms with Crippen LogP contribution >= 0.6 is 12.6 Å². The molecule has 1 aromatic heterocycles. The number of hydrogen-bond donors (Lipinski definition) is 3. The van der Waals surface area contributed by atoms with Crippen LogP contribution in [-0.2, 0) is 0 Å². The van der Waals surface area contributed by atoms with Crippen molar-refractivity contribution >= 4 is 23.7 Å². The van der Waals surface area contributed by atoms with Gasteiger partial charge in [-0.05, 0) is 24.7 Å². The van der Waals surface area contributed by atoms with Gasteiger partial charge in [0.25, 0.3) is 0 Å². The van der Waals surface area contributed by atoms with Crippen LogP contribution < -0.4 is 5.32 Å². The quantitative estimate of drug-likeness (QED) is 0.502. The molecule has 1 heterocycles. The van der Waals surface area contributed by atoms with E-state index >= 15 is 0 Å². The Morgan fingerprint density at radius 2 is 2.38 bits per heavy atom. The first-order valence-electron chi connectivity index (χ1n) is 4.09. The average molecular weight is 193 g/mol. The number of nitrogens with one attached hydrogen (secondary N) is 2. The Morgan fingerprint density at radius 3 is 3.15 bits per heavy atom. The molecule has 0 aliphatic rings. The summed E-state index contributed by atoms with van der Waals surface area (Å²) in [6.45, 7) is 0. The largest absolute Gasteiger partial charge is 0.345 e. The molecule has 2 N–H and O–H groups in total. The van der Waals surface area contributed by atoms with E-state index in [0.29, 0.717) is 0 Å². The summed E-state index contributed by atoms with van der Waals surface area (Å²) in [5, 5.41) is 3.14. The maximum Gasteiger partial charge on any atom is 0.0931 e. The molecule has 3 nitrogen and oxygen atoms in total. The maximum absolute atomic E-state index is 4.38. The lowest BCUT2D eigenvalue weighted by Crippen LogP contribution is -2.09. The zero-order valence-electron chi connectivity index (χ0n) is 7.28. The third kappa shape index (κ3) is 1.55. The Kier molecular flexibility index (Phi) is 2.24. The Morgan fingerprint density at radius 1 is 1.54 bits per heavy atom. The van der Waals surface area contributed by atoms with Gasteiger partial charge in [0.1, 0.15) is 0 Å². The molecule has 4 heteroatoms. The first-order chi connectivity index (χ1) is 6.31. The van der Waals surface area contributed by atoms with Crippen molar-refractivity contribution in [2.24, 2.45) is 0 Å². The number of rotatable bonds is 2. The first-order valence-corrected chi connectivity index (χ1v) is 4.61. The summed E-state index contributed by atoms with van der Waals surface area (Å²) in [5.74, 6) is 0. The fraction of sp³-hybridized carbons (Fsp3) is 0.222. The van der Waals surface area contributed by atoms with Crippen LogP contribution in [0.1, 0.15) is 10.9 Å². The Balaban J connectivity index is 2.48.